The van der Waals surface area contributed by atoms with Crippen molar-refractivity contribution in [3.8, 4) is 5.75 Å². The van der Waals surface area contributed by atoms with Crippen LogP contribution >= 0.6 is 15.9 Å². The van der Waals surface area contributed by atoms with Crippen LogP contribution in [-0.2, 0) is 4.74 Å². The van der Waals surface area contributed by atoms with Gasteiger partial charge in [-0.3, -0.25) is 4.79 Å². The standard InChI is InChI=1S/C12H15BrO3/c1-8-4-11(13)5-10(6-14)12(8)16-9(2)7-15-3/h4-6,9H,7H2,1-3H3. The van der Waals surface area contributed by atoms with Gasteiger partial charge in [-0.25, -0.2) is 0 Å². The number of aryl methyl sites for hydroxylation is 1. The van der Waals surface area contributed by atoms with Gasteiger partial charge in [-0.05, 0) is 31.5 Å². The summed E-state index contributed by atoms with van der Waals surface area (Å²) in [6.07, 6.45) is 0.718. The van der Waals surface area contributed by atoms with E-state index in [2.05, 4.69) is 15.9 Å². The molecule has 88 valence electrons. The third-order valence-electron chi connectivity index (χ3n) is 2.12. The van der Waals surface area contributed by atoms with E-state index in [0.717, 1.165) is 16.3 Å². The van der Waals surface area contributed by atoms with Gasteiger partial charge in [0.15, 0.2) is 6.29 Å². The molecule has 0 spiro atoms. The number of carbonyl (C=O) groups excluding carboxylic acids is 1. The van der Waals surface area contributed by atoms with Crippen LogP contribution in [0, 0.1) is 6.92 Å². The Kier molecular flexibility index (Phi) is 4.96. The lowest BCUT2D eigenvalue weighted by Gasteiger charge is -2.17. The third kappa shape index (κ3) is 3.32. The molecule has 1 aromatic carbocycles. The van der Waals surface area contributed by atoms with Crippen molar-refractivity contribution in [2.24, 2.45) is 0 Å². The van der Waals surface area contributed by atoms with Crippen molar-refractivity contribution in [3.05, 3.63) is 27.7 Å². The minimum Gasteiger partial charge on any atom is -0.487 e. The normalized spacial score (nSPS) is 12.2. The molecule has 1 unspecified atom stereocenters. The maximum Gasteiger partial charge on any atom is 0.153 e. The highest BCUT2D eigenvalue weighted by Crippen LogP contribution is 2.27. The van der Waals surface area contributed by atoms with Gasteiger partial charge in [0, 0.05) is 11.6 Å². The van der Waals surface area contributed by atoms with Crippen LogP contribution < -0.4 is 4.74 Å². The molecule has 0 saturated heterocycles. The van der Waals surface area contributed by atoms with Crippen molar-refractivity contribution in [1.29, 1.82) is 0 Å². The summed E-state index contributed by atoms with van der Waals surface area (Å²) in [4.78, 5) is 10.9. The number of hydrogen-bond acceptors (Lipinski definition) is 3. The molecule has 3 nitrogen and oxygen atoms in total. The van der Waals surface area contributed by atoms with Crippen LogP contribution in [0.25, 0.3) is 0 Å². The molecule has 0 N–H and O–H groups in total. The number of benzene rings is 1. The van der Waals surface area contributed by atoms with Gasteiger partial charge < -0.3 is 9.47 Å². The fraction of sp³-hybridized carbons (Fsp3) is 0.417. The zero-order valence-electron chi connectivity index (χ0n) is 9.62. The molecule has 0 bridgehead atoms. The fourth-order valence-electron chi connectivity index (χ4n) is 1.47. The average molecular weight is 287 g/mol. The first-order valence-corrected chi connectivity index (χ1v) is 5.78. The molecule has 4 heteroatoms. The lowest BCUT2D eigenvalue weighted by molar-refractivity contribution is 0.0900. The minimum atomic E-state index is -0.0800. The molecule has 0 radical (unpaired) electrons. The molecule has 16 heavy (non-hydrogen) atoms. The molecule has 1 aromatic rings. The predicted octanol–water partition coefficient (Wildman–Crippen LogP) is 2.98. The van der Waals surface area contributed by atoms with E-state index in [1.165, 1.54) is 0 Å². The maximum atomic E-state index is 10.9. The van der Waals surface area contributed by atoms with Gasteiger partial charge in [0.1, 0.15) is 11.9 Å². The molecule has 0 aromatic heterocycles. The first-order valence-electron chi connectivity index (χ1n) is 4.99. The van der Waals surface area contributed by atoms with Crippen LogP contribution in [0.4, 0.5) is 0 Å². The highest BCUT2D eigenvalue weighted by Gasteiger charge is 2.11. The summed E-state index contributed by atoms with van der Waals surface area (Å²) in [7, 11) is 1.62. The SMILES string of the molecule is COCC(C)Oc1c(C)cc(Br)cc1C=O. The highest BCUT2D eigenvalue weighted by molar-refractivity contribution is 9.10. The van der Waals surface area contributed by atoms with Crippen molar-refractivity contribution in [2.45, 2.75) is 20.0 Å². The number of methoxy groups -OCH3 is 1. The molecular weight excluding hydrogens is 272 g/mol. The maximum absolute atomic E-state index is 10.9. The van der Waals surface area contributed by atoms with Crippen molar-refractivity contribution in [3.63, 3.8) is 0 Å². The monoisotopic (exact) mass is 286 g/mol. The van der Waals surface area contributed by atoms with Crippen LogP contribution in [0.3, 0.4) is 0 Å². The Hall–Kier alpha value is -0.870. The van der Waals surface area contributed by atoms with Crippen LogP contribution in [0.5, 0.6) is 5.75 Å². The molecule has 0 aliphatic carbocycles. The Labute approximate surface area is 104 Å². The van der Waals surface area contributed by atoms with E-state index in [0.29, 0.717) is 17.9 Å². The topological polar surface area (TPSA) is 35.5 Å². The second-order valence-electron chi connectivity index (χ2n) is 3.64. The number of halogens is 1. The number of carbonyl (C=O) groups is 1. The van der Waals surface area contributed by atoms with E-state index in [1.807, 2.05) is 19.9 Å². The summed E-state index contributed by atoms with van der Waals surface area (Å²) >= 11 is 3.35. The van der Waals surface area contributed by atoms with Crippen molar-refractivity contribution < 1.29 is 14.3 Å². The zero-order valence-corrected chi connectivity index (χ0v) is 11.2. The molecule has 1 atom stereocenters. The van der Waals surface area contributed by atoms with Crippen LogP contribution in [-0.4, -0.2) is 26.1 Å². The summed E-state index contributed by atoms with van der Waals surface area (Å²) in [5.41, 5.74) is 1.48. The molecule has 0 amide bonds. The first kappa shape index (κ1) is 13.2. The zero-order chi connectivity index (χ0) is 12.1. The second kappa shape index (κ2) is 6.01. The van der Waals surface area contributed by atoms with E-state index in [9.17, 15) is 4.79 Å². The lowest BCUT2D eigenvalue weighted by Crippen LogP contribution is -2.19. The Balaban J connectivity index is 2.98. The Morgan fingerprint density at radius 3 is 2.75 bits per heavy atom. The molecule has 0 heterocycles. The van der Waals surface area contributed by atoms with E-state index < -0.39 is 0 Å². The average Bonchev–Trinajstić information content (AvgIpc) is 2.22. The summed E-state index contributed by atoms with van der Waals surface area (Å²) in [6, 6.07) is 3.66. The van der Waals surface area contributed by atoms with Gasteiger partial charge in [0.2, 0.25) is 0 Å². The van der Waals surface area contributed by atoms with Gasteiger partial charge in [-0.1, -0.05) is 15.9 Å². The number of aldehydes is 1. The number of ether oxygens (including phenoxy) is 2. The van der Waals surface area contributed by atoms with Crippen molar-refractivity contribution >= 4 is 22.2 Å². The Bertz CT molecular complexity index is 377. The molecule has 0 saturated carbocycles. The van der Waals surface area contributed by atoms with Gasteiger partial charge in [0.05, 0.1) is 12.2 Å². The number of hydrogen-bond donors (Lipinski definition) is 0. The highest BCUT2D eigenvalue weighted by atomic mass is 79.9. The molecule has 1 rings (SSSR count). The summed E-state index contributed by atoms with van der Waals surface area (Å²) in [6.45, 7) is 4.31. The largest absolute Gasteiger partial charge is 0.487 e. The van der Waals surface area contributed by atoms with Crippen LogP contribution in [0.15, 0.2) is 16.6 Å². The van der Waals surface area contributed by atoms with E-state index in [1.54, 1.807) is 13.2 Å². The summed E-state index contributed by atoms with van der Waals surface area (Å²) in [5, 5.41) is 0. The predicted molar refractivity (Wildman–Crippen MR) is 66.2 cm³/mol. The number of rotatable bonds is 5. The minimum absolute atomic E-state index is 0.0800. The van der Waals surface area contributed by atoms with Gasteiger partial charge in [-0.2, -0.15) is 0 Å². The van der Waals surface area contributed by atoms with E-state index in [4.69, 9.17) is 9.47 Å². The molecule has 0 aliphatic heterocycles. The quantitative estimate of drug-likeness (QED) is 0.781. The second-order valence-corrected chi connectivity index (χ2v) is 4.56. The van der Waals surface area contributed by atoms with Gasteiger partial charge in [0.25, 0.3) is 0 Å². The van der Waals surface area contributed by atoms with Crippen LogP contribution in [0.1, 0.15) is 22.8 Å². The van der Waals surface area contributed by atoms with Gasteiger partial charge in [-0.15, -0.1) is 0 Å². The lowest BCUT2D eigenvalue weighted by atomic mass is 10.1. The first-order chi connectivity index (χ1) is 7.58. The Morgan fingerprint density at radius 1 is 1.50 bits per heavy atom. The Morgan fingerprint density at radius 2 is 2.19 bits per heavy atom. The van der Waals surface area contributed by atoms with E-state index >= 15 is 0 Å². The fourth-order valence-corrected chi connectivity index (χ4v) is 2.06. The summed E-state index contributed by atoms with van der Waals surface area (Å²) in [5.74, 6) is 0.628. The molecular formula is C12H15BrO3. The summed E-state index contributed by atoms with van der Waals surface area (Å²) < 4.78 is 11.5. The van der Waals surface area contributed by atoms with E-state index in [-0.39, 0.29) is 6.10 Å². The smallest absolute Gasteiger partial charge is 0.153 e. The van der Waals surface area contributed by atoms with Crippen molar-refractivity contribution in [2.75, 3.05) is 13.7 Å². The van der Waals surface area contributed by atoms with Gasteiger partial charge >= 0.3 is 0 Å². The molecule has 0 aliphatic rings. The van der Waals surface area contributed by atoms with Crippen LogP contribution in [0.2, 0.25) is 0 Å². The third-order valence-corrected chi connectivity index (χ3v) is 2.57. The van der Waals surface area contributed by atoms with Crippen molar-refractivity contribution in [1.82, 2.24) is 0 Å². The molecule has 0 fully saturated rings.